The topological polar surface area (TPSA) is 64.0 Å². The maximum Gasteiger partial charge on any atom is 0.262 e. The maximum atomic E-state index is 12.9. The monoisotopic (exact) mass is 439 g/mol. The molecule has 4 rings (SSSR count). The number of carbonyl (C=O) groups is 1. The SMILES string of the molecule is C=CCn1c(SCC(=O)N[C@@H]2CCCc3ccccc32)nc2cc(Cl)ccc2c1=O. The third kappa shape index (κ3) is 4.30. The Morgan fingerprint density at radius 2 is 2.17 bits per heavy atom. The Morgan fingerprint density at radius 1 is 1.33 bits per heavy atom. The van der Waals surface area contributed by atoms with Crippen LogP contribution in [0.4, 0.5) is 0 Å². The van der Waals surface area contributed by atoms with Crippen LogP contribution < -0.4 is 10.9 Å². The number of fused-ring (bicyclic) bond motifs is 2. The Hall–Kier alpha value is -2.57. The second-order valence-corrected chi connectivity index (χ2v) is 8.64. The van der Waals surface area contributed by atoms with Crippen molar-refractivity contribution in [2.24, 2.45) is 0 Å². The Morgan fingerprint density at radius 3 is 3.00 bits per heavy atom. The van der Waals surface area contributed by atoms with Crippen molar-refractivity contribution in [1.29, 1.82) is 0 Å². The third-order valence-electron chi connectivity index (χ3n) is 5.23. The van der Waals surface area contributed by atoms with Crippen LogP contribution in [0.5, 0.6) is 0 Å². The number of aryl methyl sites for hydroxylation is 1. The highest BCUT2D eigenvalue weighted by molar-refractivity contribution is 7.99. The van der Waals surface area contributed by atoms with Gasteiger partial charge in [-0.05, 0) is 48.6 Å². The Bertz CT molecular complexity index is 1170. The molecule has 0 radical (unpaired) electrons. The number of rotatable bonds is 6. The zero-order valence-electron chi connectivity index (χ0n) is 16.4. The van der Waals surface area contributed by atoms with Gasteiger partial charge in [-0.3, -0.25) is 14.2 Å². The number of aromatic nitrogens is 2. The fourth-order valence-electron chi connectivity index (χ4n) is 3.84. The lowest BCUT2D eigenvalue weighted by Crippen LogP contribution is -2.32. The zero-order valence-corrected chi connectivity index (χ0v) is 18.0. The lowest BCUT2D eigenvalue weighted by atomic mass is 9.88. The molecule has 0 saturated heterocycles. The molecule has 1 heterocycles. The fraction of sp³-hybridized carbons (Fsp3) is 0.261. The summed E-state index contributed by atoms with van der Waals surface area (Å²) in [6.45, 7) is 4.05. The van der Waals surface area contributed by atoms with Crippen LogP contribution in [-0.2, 0) is 17.8 Å². The molecule has 3 aromatic rings. The van der Waals surface area contributed by atoms with Gasteiger partial charge in [0, 0.05) is 11.6 Å². The van der Waals surface area contributed by atoms with E-state index in [1.165, 1.54) is 27.5 Å². The van der Waals surface area contributed by atoms with E-state index in [4.69, 9.17) is 11.6 Å². The molecule has 30 heavy (non-hydrogen) atoms. The number of nitrogens with zero attached hydrogens (tertiary/aromatic N) is 2. The molecule has 7 heteroatoms. The normalized spacial score (nSPS) is 15.6. The second kappa shape index (κ2) is 9.06. The van der Waals surface area contributed by atoms with Crippen molar-refractivity contribution in [1.82, 2.24) is 14.9 Å². The highest BCUT2D eigenvalue weighted by Crippen LogP contribution is 2.29. The number of carbonyl (C=O) groups excluding carboxylic acids is 1. The smallest absolute Gasteiger partial charge is 0.262 e. The maximum absolute atomic E-state index is 12.9. The van der Waals surface area contributed by atoms with Crippen LogP contribution in [0, 0.1) is 0 Å². The molecule has 1 atom stereocenters. The minimum Gasteiger partial charge on any atom is -0.349 e. The van der Waals surface area contributed by atoms with Gasteiger partial charge in [0.2, 0.25) is 5.91 Å². The van der Waals surface area contributed by atoms with Gasteiger partial charge in [0.15, 0.2) is 5.16 Å². The van der Waals surface area contributed by atoms with Gasteiger partial charge in [-0.2, -0.15) is 0 Å². The van der Waals surface area contributed by atoms with Crippen LogP contribution in [-0.4, -0.2) is 21.2 Å². The standard InChI is InChI=1S/C23H22ClN3O2S/c1-2-12-27-22(29)18-11-10-16(24)13-20(18)26-23(27)30-14-21(28)25-19-9-5-7-15-6-3-4-8-17(15)19/h2-4,6,8,10-11,13,19H,1,5,7,9,12,14H2,(H,25,28)/t19-/m1/s1. The molecule has 154 valence electrons. The molecule has 1 N–H and O–H groups in total. The van der Waals surface area contributed by atoms with Gasteiger partial charge in [-0.15, -0.1) is 6.58 Å². The van der Waals surface area contributed by atoms with E-state index in [1.807, 2.05) is 12.1 Å². The highest BCUT2D eigenvalue weighted by Gasteiger charge is 2.22. The van der Waals surface area contributed by atoms with Gasteiger partial charge in [-0.1, -0.05) is 53.7 Å². The average molecular weight is 440 g/mol. The molecule has 0 spiro atoms. The molecule has 0 unspecified atom stereocenters. The fourth-order valence-corrected chi connectivity index (χ4v) is 4.83. The van der Waals surface area contributed by atoms with Crippen molar-refractivity contribution in [3.05, 3.63) is 81.6 Å². The molecule has 2 aromatic carbocycles. The first-order valence-corrected chi connectivity index (χ1v) is 11.2. The molecule has 0 saturated carbocycles. The molecule has 0 bridgehead atoms. The van der Waals surface area contributed by atoms with Crippen LogP contribution in [0.3, 0.4) is 0 Å². The van der Waals surface area contributed by atoms with Gasteiger partial charge in [0.05, 0.1) is 22.7 Å². The summed E-state index contributed by atoms with van der Waals surface area (Å²) >= 11 is 7.31. The molecular weight excluding hydrogens is 418 g/mol. The molecular formula is C23H22ClN3O2S. The van der Waals surface area contributed by atoms with Crippen molar-refractivity contribution in [3.63, 3.8) is 0 Å². The lowest BCUT2D eigenvalue weighted by Gasteiger charge is -2.26. The quantitative estimate of drug-likeness (QED) is 0.348. The summed E-state index contributed by atoms with van der Waals surface area (Å²) < 4.78 is 1.54. The van der Waals surface area contributed by atoms with Gasteiger partial charge in [0.1, 0.15) is 0 Å². The summed E-state index contributed by atoms with van der Waals surface area (Å²) in [5.41, 5.74) is 2.86. The van der Waals surface area contributed by atoms with Crippen molar-refractivity contribution in [2.45, 2.75) is 37.0 Å². The average Bonchev–Trinajstić information content (AvgIpc) is 2.74. The van der Waals surface area contributed by atoms with Crippen LogP contribution in [0.15, 0.2) is 65.1 Å². The van der Waals surface area contributed by atoms with Crippen molar-refractivity contribution >= 4 is 40.2 Å². The summed E-state index contributed by atoms with van der Waals surface area (Å²) in [7, 11) is 0. The number of hydrogen-bond donors (Lipinski definition) is 1. The second-order valence-electron chi connectivity index (χ2n) is 7.26. The van der Waals surface area contributed by atoms with Gasteiger partial charge < -0.3 is 5.32 Å². The number of thioether (sulfide) groups is 1. The first-order valence-electron chi connectivity index (χ1n) is 9.88. The highest BCUT2D eigenvalue weighted by atomic mass is 35.5. The number of amides is 1. The summed E-state index contributed by atoms with van der Waals surface area (Å²) in [5, 5.41) is 4.63. The van der Waals surface area contributed by atoms with E-state index in [1.54, 1.807) is 24.3 Å². The van der Waals surface area contributed by atoms with E-state index in [0.717, 1.165) is 19.3 Å². The van der Waals surface area contributed by atoms with E-state index in [2.05, 4.69) is 29.0 Å². The number of halogens is 1. The predicted octanol–water partition coefficient (Wildman–Crippen LogP) is 4.52. The van der Waals surface area contributed by atoms with Crippen LogP contribution in [0.25, 0.3) is 10.9 Å². The van der Waals surface area contributed by atoms with Crippen molar-refractivity contribution in [2.75, 3.05) is 5.75 Å². The van der Waals surface area contributed by atoms with E-state index < -0.39 is 0 Å². The summed E-state index contributed by atoms with van der Waals surface area (Å²) in [6, 6.07) is 13.3. The summed E-state index contributed by atoms with van der Waals surface area (Å²) in [6.07, 6.45) is 4.69. The molecule has 5 nitrogen and oxygen atoms in total. The first kappa shape index (κ1) is 20.7. The zero-order chi connectivity index (χ0) is 21.1. The Labute approximate surface area is 184 Å². The van der Waals surface area contributed by atoms with Crippen LogP contribution >= 0.6 is 23.4 Å². The summed E-state index contributed by atoms with van der Waals surface area (Å²) in [4.78, 5) is 30.1. The third-order valence-corrected chi connectivity index (χ3v) is 6.44. The Balaban J connectivity index is 1.53. The molecule has 1 aliphatic carbocycles. The number of nitrogens with one attached hydrogen (secondary N) is 1. The van der Waals surface area contributed by atoms with Crippen molar-refractivity contribution in [3.8, 4) is 0 Å². The van der Waals surface area contributed by atoms with E-state index in [-0.39, 0.29) is 23.3 Å². The lowest BCUT2D eigenvalue weighted by molar-refractivity contribution is -0.119. The molecule has 1 aliphatic rings. The minimum atomic E-state index is -0.166. The number of allylic oxidation sites excluding steroid dienone is 1. The van der Waals surface area contributed by atoms with Crippen LogP contribution in [0.1, 0.15) is 30.0 Å². The van der Waals surface area contributed by atoms with E-state index in [9.17, 15) is 9.59 Å². The minimum absolute atomic E-state index is 0.0294. The van der Waals surface area contributed by atoms with E-state index in [0.29, 0.717) is 27.6 Å². The first-order chi connectivity index (χ1) is 14.6. The molecule has 0 fully saturated rings. The van der Waals surface area contributed by atoms with Gasteiger partial charge in [0.25, 0.3) is 5.56 Å². The van der Waals surface area contributed by atoms with Crippen molar-refractivity contribution < 1.29 is 4.79 Å². The summed E-state index contributed by atoms with van der Waals surface area (Å²) in [5.74, 6) is 0.0983. The largest absolute Gasteiger partial charge is 0.349 e. The molecule has 0 aliphatic heterocycles. The number of hydrogen-bond acceptors (Lipinski definition) is 4. The van der Waals surface area contributed by atoms with E-state index >= 15 is 0 Å². The predicted molar refractivity (Wildman–Crippen MR) is 122 cm³/mol. The van der Waals surface area contributed by atoms with Crippen LogP contribution in [0.2, 0.25) is 5.02 Å². The Kier molecular flexibility index (Phi) is 6.25. The number of benzene rings is 2. The van der Waals surface area contributed by atoms with Gasteiger partial charge in [-0.25, -0.2) is 4.98 Å². The molecule has 1 amide bonds. The van der Waals surface area contributed by atoms with Gasteiger partial charge >= 0.3 is 0 Å². The molecule has 1 aromatic heterocycles.